The van der Waals surface area contributed by atoms with Gasteiger partial charge in [0.1, 0.15) is 17.4 Å². The Hall–Kier alpha value is -3.50. The molecular weight excluding hydrogens is 395 g/mol. The zero-order chi connectivity index (χ0) is 22.0. The average molecular weight is 418 g/mol. The third-order valence-corrected chi connectivity index (χ3v) is 5.75. The van der Waals surface area contributed by atoms with Crippen molar-refractivity contribution in [1.82, 2.24) is 14.9 Å². The van der Waals surface area contributed by atoms with E-state index in [1.807, 2.05) is 0 Å². The minimum atomic E-state index is -0.627. The second kappa shape index (κ2) is 8.70. The van der Waals surface area contributed by atoms with Crippen LogP contribution < -0.4 is 15.6 Å². The van der Waals surface area contributed by atoms with Crippen LogP contribution in [0.25, 0.3) is 27.2 Å². The lowest BCUT2D eigenvalue weighted by atomic mass is 9.96. The topological polar surface area (TPSA) is 60.5 Å². The quantitative estimate of drug-likeness (QED) is 0.616. The van der Waals surface area contributed by atoms with Crippen molar-refractivity contribution in [2.75, 3.05) is 20.2 Å². The van der Waals surface area contributed by atoms with Crippen molar-refractivity contribution in [3.8, 4) is 28.1 Å². The number of ether oxygens (including phenoxy) is 1. The molecule has 6 nitrogen and oxygen atoms in total. The smallest absolute Gasteiger partial charge is 0.261 e. The second-order valence-electron chi connectivity index (χ2n) is 7.69. The normalized spacial score (nSPS) is 13.5. The summed E-state index contributed by atoms with van der Waals surface area (Å²) in [4.78, 5) is 21.4. The molecule has 0 atom stereocenters. The van der Waals surface area contributed by atoms with E-state index >= 15 is 0 Å². The fraction of sp³-hybridized carbons (Fsp3) is 0.292. The van der Waals surface area contributed by atoms with Gasteiger partial charge in [0.15, 0.2) is 0 Å². The fourth-order valence-corrected chi connectivity index (χ4v) is 3.73. The first kappa shape index (κ1) is 20.8. The van der Waals surface area contributed by atoms with Gasteiger partial charge in [-0.25, -0.2) is 14.2 Å². The molecule has 0 bridgehead atoms. The summed E-state index contributed by atoms with van der Waals surface area (Å²) >= 11 is 0. The Bertz CT molecular complexity index is 1210. The van der Waals surface area contributed by atoms with Gasteiger partial charge in [-0.3, -0.25) is 9.36 Å². The summed E-state index contributed by atoms with van der Waals surface area (Å²) in [6.07, 6.45) is 1.59. The van der Waals surface area contributed by atoms with Crippen molar-refractivity contribution in [2.24, 2.45) is 13.0 Å². The molecule has 1 saturated heterocycles. The molecule has 7 heteroatoms. The molecule has 0 unspecified atom stereocenters. The molecule has 1 aliphatic rings. The van der Waals surface area contributed by atoms with E-state index in [1.165, 1.54) is 12.1 Å². The Balaban J connectivity index is 1.87. The highest BCUT2D eigenvalue weighted by Gasteiger charge is 2.21. The Morgan fingerprint density at radius 3 is 2.52 bits per heavy atom. The van der Waals surface area contributed by atoms with Gasteiger partial charge in [-0.1, -0.05) is 24.3 Å². The molecule has 1 N–H and O–H groups in total. The van der Waals surface area contributed by atoms with Gasteiger partial charge in [-0.15, -0.1) is 0 Å². The molecule has 4 rings (SSSR count). The molecule has 0 aliphatic carbocycles. The van der Waals surface area contributed by atoms with Gasteiger partial charge in [0.25, 0.3) is 5.56 Å². The summed E-state index contributed by atoms with van der Waals surface area (Å²) in [6, 6.07) is 11.5. The van der Waals surface area contributed by atoms with Crippen LogP contribution in [0.4, 0.5) is 10.1 Å². The molecule has 0 saturated carbocycles. The van der Waals surface area contributed by atoms with Crippen molar-refractivity contribution in [3.63, 3.8) is 0 Å². The molecule has 2 heterocycles. The van der Waals surface area contributed by atoms with E-state index in [0.717, 1.165) is 19.5 Å². The molecular formula is C24H23FN4O2. The van der Waals surface area contributed by atoms with Crippen LogP contribution in [0, 0.1) is 18.3 Å². The Kier molecular flexibility index (Phi) is 5.83. The molecule has 1 fully saturated rings. The third-order valence-electron chi connectivity index (χ3n) is 5.75. The molecule has 1 aliphatic heterocycles. The Labute approximate surface area is 180 Å². The number of halogens is 1. The van der Waals surface area contributed by atoms with Crippen LogP contribution in [0.15, 0.2) is 47.3 Å². The molecule has 158 valence electrons. The number of hydrogen-bond donors (Lipinski definition) is 1. The zero-order valence-corrected chi connectivity index (χ0v) is 17.5. The lowest BCUT2D eigenvalue weighted by Crippen LogP contribution is -2.42. The lowest BCUT2D eigenvalue weighted by Gasteiger charge is -2.27. The third kappa shape index (κ3) is 4.07. The maximum absolute atomic E-state index is 14.4. The predicted octanol–water partition coefficient (Wildman–Crippen LogP) is 3.96. The number of nitrogens with zero attached hydrogens (tertiary/aromatic N) is 3. The van der Waals surface area contributed by atoms with E-state index in [9.17, 15) is 9.18 Å². The van der Waals surface area contributed by atoms with Gasteiger partial charge in [-0.05, 0) is 49.2 Å². The minimum Gasteiger partial charge on any atom is -0.497 e. The van der Waals surface area contributed by atoms with Gasteiger partial charge in [0.2, 0.25) is 5.69 Å². The lowest BCUT2D eigenvalue weighted by molar-refractivity contribution is 0.324. The van der Waals surface area contributed by atoms with Crippen molar-refractivity contribution in [2.45, 2.75) is 12.8 Å². The van der Waals surface area contributed by atoms with Crippen molar-refractivity contribution in [3.05, 3.63) is 75.9 Å². The van der Waals surface area contributed by atoms with Gasteiger partial charge in [-0.2, -0.15) is 0 Å². The summed E-state index contributed by atoms with van der Waals surface area (Å²) < 4.78 is 21.2. The van der Waals surface area contributed by atoms with Crippen molar-refractivity contribution >= 4 is 5.69 Å². The number of aryl methyl sites for hydroxylation is 1. The van der Waals surface area contributed by atoms with Gasteiger partial charge in [0.05, 0.1) is 24.9 Å². The van der Waals surface area contributed by atoms with E-state index in [4.69, 9.17) is 16.3 Å². The molecule has 0 spiro atoms. The summed E-state index contributed by atoms with van der Waals surface area (Å²) in [7, 11) is 3.30. The first-order valence-corrected chi connectivity index (χ1v) is 10.1. The highest BCUT2D eigenvalue weighted by molar-refractivity contribution is 5.81. The van der Waals surface area contributed by atoms with E-state index in [1.54, 1.807) is 49.1 Å². The highest BCUT2D eigenvalue weighted by atomic mass is 19.1. The monoisotopic (exact) mass is 418 g/mol. The van der Waals surface area contributed by atoms with E-state index < -0.39 is 5.82 Å². The maximum atomic E-state index is 14.4. The largest absolute Gasteiger partial charge is 0.497 e. The van der Waals surface area contributed by atoms with Crippen LogP contribution in [-0.2, 0) is 13.5 Å². The summed E-state index contributed by atoms with van der Waals surface area (Å²) in [5.74, 6) is 1.29. The van der Waals surface area contributed by atoms with Gasteiger partial charge in [0, 0.05) is 19.0 Å². The Morgan fingerprint density at radius 2 is 1.94 bits per heavy atom. The van der Waals surface area contributed by atoms with E-state index in [0.29, 0.717) is 46.3 Å². The summed E-state index contributed by atoms with van der Waals surface area (Å²) in [6.45, 7) is 9.05. The van der Waals surface area contributed by atoms with E-state index in [-0.39, 0.29) is 11.2 Å². The SMILES string of the molecule is [C-]#[N+]c1ccc(-c2nc(CCC3CNC3)n(C)c(=O)c2-c2ccc(OC)cc2)cc1F. The average Bonchev–Trinajstić information content (AvgIpc) is 2.75. The molecule has 31 heavy (non-hydrogen) atoms. The number of rotatable bonds is 6. The minimum absolute atomic E-state index is 0.0590. The second-order valence-corrected chi connectivity index (χ2v) is 7.69. The first-order chi connectivity index (χ1) is 15.0. The predicted molar refractivity (Wildman–Crippen MR) is 118 cm³/mol. The van der Waals surface area contributed by atoms with Crippen LogP contribution in [0.5, 0.6) is 5.75 Å². The van der Waals surface area contributed by atoms with Crippen LogP contribution in [0.1, 0.15) is 12.2 Å². The molecule has 0 radical (unpaired) electrons. The standard InChI is InChI=1S/C24H23FN4O2/c1-26-20-10-7-17(12-19(20)25)23-22(16-5-8-18(31-3)9-6-16)24(30)29(2)21(28-23)11-4-15-13-27-14-15/h5-10,12,15,27H,4,11,13-14H2,2-3H3. The van der Waals surface area contributed by atoms with Crippen molar-refractivity contribution in [1.29, 1.82) is 0 Å². The number of methoxy groups -OCH3 is 1. The van der Waals surface area contributed by atoms with Crippen LogP contribution in [-0.4, -0.2) is 29.8 Å². The molecule has 1 aromatic heterocycles. The molecule has 3 aromatic rings. The maximum Gasteiger partial charge on any atom is 0.261 e. The first-order valence-electron chi connectivity index (χ1n) is 10.1. The Morgan fingerprint density at radius 1 is 1.23 bits per heavy atom. The molecule has 0 amide bonds. The summed E-state index contributed by atoms with van der Waals surface area (Å²) in [5, 5.41) is 3.25. The number of nitrogens with one attached hydrogen (secondary N) is 1. The van der Waals surface area contributed by atoms with Crippen LogP contribution in [0.3, 0.4) is 0 Å². The van der Waals surface area contributed by atoms with Gasteiger partial charge < -0.3 is 10.1 Å². The zero-order valence-electron chi connectivity index (χ0n) is 17.5. The fourth-order valence-electron chi connectivity index (χ4n) is 3.73. The highest BCUT2D eigenvalue weighted by Crippen LogP contribution is 2.32. The molecule has 2 aromatic carbocycles. The van der Waals surface area contributed by atoms with Gasteiger partial charge >= 0.3 is 0 Å². The van der Waals surface area contributed by atoms with Crippen LogP contribution in [0.2, 0.25) is 0 Å². The van der Waals surface area contributed by atoms with Crippen LogP contribution >= 0.6 is 0 Å². The van der Waals surface area contributed by atoms with Crippen molar-refractivity contribution < 1.29 is 9.13 Å². The number of hydrogen-bond acceptors (Lipinski definition) is 4. The number of benzene rings is 2. The number of aromatic nitrogens is 2. The summed E-state index contributed by atoms with van der Waals surface area (Å²) in [5.41, 5.74) is 1.72. The van der Waals surface area contributed by atoms with E-state index in [2.05, 4.69) is 10.2 Å².